The molecule has 2 aromatic carbocycles. The number of sulfone groups is 1. The van der Waals surface area contributed by atoms with Crippen LogP contribution in [-0.2, 0) is 24.2 Å². The molecule has 10 heteroatoms. The van der Waals surface area contributed by atoms with Gasteiger partial charge in [-0.05, 0) is 42.8 Å². The second-order valence-electron chi connectivity index (χ2n) is 7.01. The molecule has 7 nitrogen and oxygen atoms in total. The van der Waals surface area contributed by atoms with Crippen LogP contribution in [0.1, 0.15) is 12.8 Å². The first-order valence-corrected chi connectivity index (χ1v) is 12.2. The van der Waals surface area contributed by atoms with Crippen LogP contribution in [0, 0.1) is 0 Å². The number of carbonyl (C=O) groups is 2. The Morgan fingerprint density at radius 2 is 1.84 bits per heavy atom. The molecule has 0 fully saturated rings. The molecular weight excluding hydrogens is 477 g/mol. The molecule has 0 bridgehead atoms. The summed E-state index contributed by atoms with van der Waals surface area (Å²) in [6.07, 6.45) is 1.86. The normalized spacial score (nSPS) is 16.5. The van der Waals surface area contributed by atoms with Crippen molar-refractivity contribution in [3.8, 4) is 5.75 Å². The number of esters is 1. The van der Waals surface area contributed by atoms with E-state index >= 15 is 0 Å². The molecule has 3 rings (SSSR count). The second kappa shape index (κ2) is 10.8. The van der Waals surface area contributed by atoms with Crippen molar-refractivity contribution in [1.29, 1.82) is 0 Å². The van der Waals surface area contributed by atoms with Crippen molar-refractivity contribution in [2.75, 3.05) is 23.9 Å². The van der Waals surface area contributed by atoms with E-state index in [9.17, 15) is 18.0 Å². The number of amides is 1. The van der Waals surface area contributed by atoms with Crippen LogP contribution in [0.5, 0.6) is 5.75 Å². The number of rotatable bonds is 9. The highest BCUT2D eigenvalue weighted by Gasteiger charge is 2.31. The summed E-state index contributed by atoms with van der Waals surface area (Å²) in [5.74, 6) is -0.837. The lowest BCUT2D eigenvalue weighted by molar-refractivity contribution is -0.148. The minimum absolute atomic E-state index is 0.0432. The Bertz CT molecular complexity index is 1100. The van der Waals surface area contributed by atoms with Gasteiger partial charge in [0, 0.05) is 22.5 Å². The molecule has 0 aromatic heterocycles. The zero-order chi connectivity index (χ0) is 23.1. The molecule has 32 heavy (non-hydrogen) atoms. The van der Waals surface area contributed by atoms with Crippen LogP contribution in [0.4, 0.5) is 5.69 Å². The van der Waals surface area contributed by atoms with E-state index in [0.29, 0.717) is 27.9 Å². The molecule has 170 valence electrons. The Kier molecular flexibility index (Phi) is 8.17. The smallest absolute Gasteiger partial charge is 0.306 e. The fourth-order valence-corrected chi connectivity index (χ4v) is 4.84. The van der Waals surface area contributed by atoms with Crippen molar-refractivity contribution in [2.24, 2.45) is 0 Å². The van der Waals surface area contributed by atoms with Gasteiger partial charge in [0.15, 0.2) is 16.4 Å². The highest BCUT2D eigenvalue weighted by Crippen LogP contribution is 2.27. The predicted molar refractivity (Wildman–Crippen MR) is 123 cm³/mol. The summed E-state index contributed by atoms with van der Waals surface area (Å²) in [4.78, 5) is 26.2. The van der Waals surface area contributed by atoms with Gasteiger partial charge >= 0.3 is 5.97 Å². The van der Waals surface area contributed by atoms with E-state index in [-0.39, 0.29) is 18.8 Å². The maximum Gasteiger partial charge on any atom is 0.306 e. The van der Waals surface area contributed by atoms with E-state index in [1.54, 1.807) is 48.5 Å². The SMILES string of the molecule is O=C(CCCOc1ccc(Cl)cc1Cl)OCC(=O)N(c1ccccc1)[C@@H]1C=CS(=O)(=O)C1. The number of nitrogens with zero attached hydrogens (tertiary/aromatic N) is 1. The molecule has 2 aromatic rings. The van der Waals surface area contributed by atoms with Crippen molar-refractivity contribution in [1.82, 2.24) is 0 Å². The van der Waals surface area contributed by atoms with E-state index in [1.165, 1.54) is 11.0 Å². The van der Waals surface area contributed by atoms with Crippen LogP contribution in [-0.4, -0.2) is 45.3 Å². The topological polar surface area (TPSA) is 90.0 Å². The average molecular weight is 498 g/mol. The standard InChI is InChI=1S/C22H21Cl2NO6S/c23-16-8-9-20(19(24)13-16)30-11-4-7-22(27)31-14-21(26)25(17-5-2-1-3-6-17)18-10-12-32(28,29)15-18/h1-3,5-6,8-10,12-13,18H,4,7,11,14-15H2/t18-/m1/s1. The van der Waals surface area contributed by atoms with Crippen LogP contribution in [0.3, 0.4) is 0 Å². The Labute approximate surface area is 196 Å². The monoisotopic (exact) mass is 497 g/mol. The molecule has 0 saturated heterocycles. The summed E-state index contributed by atoms with van der Waals surface area (Å²) < 4.78 is 34.3. The van der Waals surface area contributed by atoms with E-state index in [0.717, 1.165) is 5.41 Å². The van der Waals surface area contributed by atoms with Crippen molar-refractivity contribution in [3.63, 3.8) is 0 Å². The number of carbonyl (C=O) groups excluding carboxylic acids is 2. The highest BCUT2D eigenvalue weighted by molar-refractivity contribution is 7.94. The Morgan fingerprint density at radius 3 is 2.50 bits per heavy atom. The minimum Gasteiger partial charge on any atom is -0.492 e. The number of benzene rings is 2. The zero-order valence-electron chi connectivity index (χ0n) is 16.9. The summed E-state index contributed by atoms with van der Waals surface area (Å²) in [6, 6.07) is 12.8. The summed E-state index contributed by atoms with van der Waals surface area (Å²) in [5, 5.41) is 1.96. The van der Waals surface area contributed by atoms with E-state index in [4.69, 9.17) is 32.7 Å². The molecule has 0 spiro atoms. The molecular formula is C22H21Cl2NO6S. The third kappa shape index (κ3) is 6.72. The molecule has 0 aliphatic carbocycles. The highest BCUT2D eigenvalue weighted by atomic mass is 35.5. The van der Waals surface area contributed by atoms with Gasteiger partial charge in [0.25, 0.3) is 5.91 Å². The van der Waals surface area contributed by atoms with Gasteiger partial charge in [0.05, 0.1) is 23.4 Å². The van der Waals surface area contributed by atoms with Crippen LogP contribution < -0.4 is 9.64 Å². The Hall–Kier alpha value is -2.55. The predicted octanol–water partition coefficient (Wildman–Crippen LogP) is 4.04. The second-order valence-corrected chi connectivity index (χ2v) is 9.79. The van der Waals surface area contributed by atoms with Crippen molar-refractivity contribution in [2.45, 2.75) is 18.9 Å². The van der Waals surface area contributed by atoms with Crippen LogP contribution in [0.2, 0.25) is 10.0 Å². The number of para-hydroxylation sites is 1. The minimum atomic E-state index is -3.37. The first-order valence-electron chi connectivity index (χ1n) is 9.77. The van der Waals surface area contributed by atoms with Gasteiger partial charge in [-0.1, -0.05) is 41.4 Å². The first kappa shape index (κ1) is 24.1. The van der Waals surface area contributed by atoms with Gasteiger partial charge in [-0.3, -0.25) is 9.59 Å². The van der Waals surface area contributed by atoms with Crippen molar-refractivity contribution >= 4 is 50.6 Å². The van der Waals surface area contributed by atoms with Crippen LogP contribution in [0.25, 0.3) is 0 Å². The fourth-order valence-electron chi connectivity index (χ4n) is 3.10. The summed E-state index contributed by atoms with van der Waals surface area (Å²) >= 11 is 11.9. The van der Waals surface area contributed by atoms with Crippen LogP contribution >= 0.6 is 23.2 Å². The average Bonchev–Trinajstić information content (AvgIpc) is 3.11. The molecule has 1 aliphatic rings. The molecule has 1 heterocycles. The van der Waals surface area contributed by atoms with Gasteiger partial charge in [-0.2, -0.15) is 0 Å². The lowest BCUT2D eigenvalue weighted by Crippen LogP contribution is -2.43. The maximum atomic E-state index is 12.8. The number of hydrogen-bond acceptors (Lipinski definition) is 6. The van der Waals surface area contributed by atoms with Crippen molar-refractivity contribution in [3.05, 3.63) is 70.1 Å². The molecule has 1 aliphatic heterocycles. The van der Waals surface area contributed by atoms with Crippen LogP contribution in [0.15, 0.2) is 60.0 Å². The summed E-state index contributed by atoms with van der Waals surface area (Å²) in [5.41, 5.74) is 0.522. The molecule has 0 unspecified atom stereocenters. The van der Waals surface area contributed by atoms with Gasteiger partial charge in [-0.25, -0.2) is 8.42 Å². The van der Waals surface area contributed by atoms with E-state index < -0.39 is 34.4 Å². The third-order valence-electron chi connectivity index (χ3n) is 4.58. The Morgan fingerprint density at radius 1 is 1.09 bits per heavy atom. The van der Waals surface area contributed by atoms with Gasteiger partial charge in [0.1, 0.15) is 5.75 Å². The number of hydrogen-bond donors (Lipinski definition) is 0. The summed E-state index contributed by atoms with van der Waals surface area (Å²) in [7, 11) is -3.37. The number of ether oxygens (including phenoxy) is 2. The molecule has 0 radical (unpaired) electrons. The molecule has 1 atom stereocenters. The molecule has 0 saturated carbocycles. The van der Waals surface area contributed by atoms with E-state index in [2.05, 4.69) is 0 Å². The van der Waals surface area contributed by atoms with Gasteiger partial charge < -0.3 is 14.4 Å². The van der Waals surface area contributed by atoms with Crippen molar-refractivity contribution < 1.29 is 27.5 Å². The molecule has 0 N–H and O–H groups in total. The third-order valence-corrected chi connectivity index (χ3v) is 6.49. The fraction of sp³-hybridized carbons (Fsp3) is 0.273. The van der Waals surface area contributed by atoms with Gasteiger partial charge in [0.2, 0.25) is 0 Å². The Balaban J connectivity index is 1.50. The maximum absolute atomic E-state index is 12.8. The lowest BCUT2D eigenvalue weighted by atomic mass is 10.2. The zero-order valence-corrected chi connectivity index (χ0v) is 19.3. The quantitative estimate of drug-likeness (QED) is 0.383. The number of halogens is 2. The molecule has 1 amide bonds. The lowest BCUT2D eigenvalue weighted by Gasteiger charge is -2.27. The largest absolute Gasteiger partial charge is 0.492 e. The summed E-state index contributed by atoms with van der Waals surface area (Å²) in [6.45, 7) is -0.271. The number of anilines is 1. The first-order chi connectivity index (χ1) is 15.2. The van der Waals surface area contributed by atoms with E-state index in [1.807, 2.05) is 0 Å². The van der Waals surface area contributed by atoms with Gasteiger partial charge in [-0.15, -0.1) is 0 Å².